The highest BCUT2D eigenvalue weighted by molar-refractivity contribution is 9.10. The van der Waals surface area contributed by atoms with E-state index in [1.165, 1.54) is 0 Å². The zero-order valence-corrected chi connectivity index (χ0v) is 11.8. The molecule has 0 fully saturated rings. The van der Waals surface area contributed by atoms with Crippen molar-refractivity contribution in [1.82, 2.24) is 4.98 Å². The number of hydrogen-bond acceptors (Lipinski definition) is 4. The van der Waals surface area contributed by atoms with E-state index < -0.39 is 28.9 Å². The average Bonchev–Trinajstić information content (AvgIpc) is 2.44. The minimum Gasteiger partial charge on any atom is -0.319 e. The van der Waals surface area contributed by atoms with Gasteiger partial charge in [-0.1, -0.05) is 0 Å². The van der Waals surface area contributed by atoms with Gasteiger partial charge in [0.15, 0.2) is 11.6 Å². The molecule has 1 amide bonds. The molecule has 0 aliphatic carbocycles. The standard InChI is InChI=1S/C12H8BrF3N4O/c13-6-3-9(8(15)4-7(6)14)19-12(21)5-1-2-18-11(20-17)10(5)16/h1-4H,17H2,(H,18,20)(H,19,21). The molecule has 0 aliphatic rings. The first-order valence-corrected chi connectivity index (χ1v) is 6.30. The molecule has 0 saturated heterocycles. The van der Waals surface area contributed by atoms with Crippen molar-refractivity contribution in [1.29, 1.82) is 0 Å². The minimum atomic E-state index is -0.990. The lowest BCUT2D eigenvalue weighted by Gasteiger charge is -2.09. The number of carbonyl (C=O) groups excluding carboxylic acids is 1. The lowest BCUT2D eigenvalue weighted by molar-refractivity contribution is 0.102. The molecule has 0 unspecified atom stereocenters. The van der Waals surface area contributed by atoms with Crippen molar-refractivity contribution in [2.75, 3.05) is 10.7 Å². The molecular formula is C12H8BrF3N4O. The van der Waals surface area contributed by atoms with E-state index in [1.807, 2.05) is 5.43 Å². The topological polar surface area (TPSA) is 80.0 Å². The number of nitrogens with two attached hydrogens (primary N) is 1. The van der Waals surface area contributed by atoms with Crippen molar-refractivity contribution < 1.29 is 18.0 Å². The maximum absolute atomic E-state index is 13.8. The van der Waals surface area contributed by atoms with Crippen LogP contribution >= 0.6 is 15.9 Å². The van der Waals surface area contributed by atoms with Crippen molar-refractivity contribution in [2.24, 2.45) is 5.84 Å². The summed E-state index contributed by atoms with van der Waals surface area (Å²) >= 11 is 2.86. The number of anilines is 2. The van der Waals surface area contributed by atoms with Gasteiger partial charge in [0, 0.05) is 12.3 Å². The van der Waals surface area contributed by atoms with Gasteiger partial charge in [-0.2, -0.15) is 0 Å². The molecule has 21 heavy (non-hydrogen) atoms. The van der Waals surface area contributed by atoms with Crippen molar-refractivity contribution in [3.8, 4) is 0 Å². The van der Waals surface area contributed by atoms with Crippen LogP contribution in [0.5, 0.6) is 0 Å². The molecule has 1 aromatic heterocycles. The van der Waals surface area contributed by atoms with E-state index in [0.717, 1.165) is 18.3 Å². The predicted molar refractivity (Wildman–Crippen MR) is 74.0 cm³/mol. The smallest absolute Gasteiger partial charge is 0.258 e. The zero-order chi connectivity index (χ0) is 15.6. The molecule has 0 saturated carbocycles. The van der Waals surface area contributed by atoms with E-state index in [1.54, 1.807) is 0 Å². The summed E-state index contributed by atoms with van der Waals surface area (Å²) in [5, 5.41) is 2.14. The number of rotatable bonds is 3. The number of hydrogen-bond donors (Lipinski definition) is 3. The zero-order valence-electron chi connectivity index (χ0n) is 10.3. The van der Waals surface area contributed by atoms with E-state index in [0.29, 0.717) is 6.07 Å². The molecule has 110 valence electrons. The first-order chi connectivity index (χ1) is 9.93. The van der Waals surface area contributed by atoms with Gasteiger partial charge in [-0.25, -0.2) is 24.0 Å². The molecule has 5 nitrogen and oxygen atoms in total. The van der Waals surface area contributed by atoms with Crippen LogP contribution in [0.25, 0.3) is 0 Å². The second-order valence-electron chi connectivity index (χ2n) is 3.87. The number of carbonyl (C=O) groups is 1. The van der Waals surface area contributed by atoms with Crippen LogP contribution in [0.4, 0.5) is 24.7 Å². The summed E-state index contributed by atoms with van der Waals surface area (Å²) in [6, 6.07) is 2.72. The van der Waals surface area contributed by atoms with Gasteiger partial charge in [0.1, 0.15) is 11.6 Å². The SMILES string of the molecule is NNc1nccc(C(=O)Nc2cc(Br)c(F)cc2F)c1F. The number of nitrogens with zero attached hydrogens (tertiary/aromatic N) is 1. The number of amides is 1. The quantitative estimate of drug-likeness (QED) is 0.446. The summed E-state index contributed by atoms with van der Waals surface area (Å²) in [7, 11) is 0. The van der Waals surface area contributed by atoms with Gasteiger partial charge in [-0.3, -0.25) is 4.79 Å². The molecule has 0 aliphatic heterocycles. The maximum Gasteiger partial charge on any atom is 0.258 e. The Hall–Kier alpha value is -2.13. The number of nitrogen functional groups attached to an aromatic ring is 1. The molecular weight excluding hydrogens is 353 g/mol. The lowest BCUT2D eigenvalue weighted by atomic mass is 10.2. The summed E-state index contributed by atoms with van der Waals surface area (Å²) < 4.78 is 40.4. The Kier molecular flexibility index (Phi) is 4.43. The molecule has 0 atom stereocenters. The summed E-state index contributed by atoms with van der Waals surface area (Å²) in [6.45, 7) is 0. The van der Waals surface area contributed by atoms with Crippen LogP contribution in [0.15, 0.2) is 28.9 Å². The third-order valence-corrected chi connectivity index (χ3v) is 3.14. The number of benzene rings is 1. The summed E-state index contributed by atoms with van der Waals surface area (Å²) in [6.07, 6.45) is 1.16. The van der Waals surface area contributed by atoms with Gasteiger partial charge in [0.2, 0.25) is 0 Å². The first-order valence-electron chi connectivity index (χ1n) is 5.51. The summed E-state index contributed by atoms with van der Waals surface area (Å²) in [5.41, 5.74) is 1.29. The van der Waals surface area contributed by atoms with Crippen LogP contribution in [0, 0.1) is 17.5 Å². The Morgan fingerprint density at radius 1 is 1.24 bits per heavy atom. The minimum absolute atomic E-state index is 0.0429. The maximum atomic E-state index is 13.8. The van der Waals surface area contributed by atoms with E-state index in [9.17, 15) is 18.0 Å². The molecule has 0 spiro atoms. The van der Waals surface area contributed by atoms with Gasteiger partial charge in [-0.05, 0) is 28.1 Å². The van der Waals surface area contributed by atoms with Crippen molar-refractivity contribution in [2.45, 2.75) is 0 Å². The van der Waals surface area contributed by atoms with Crippen LogP contribution in [0.1, 0.15) is 10.4 Å². The highest BCUT2D eigenvalue weighted by Gasteiger charge is 2.18. The second kappa shape index (κ2) is 6.10. The molecule has 0 radical (unpaired) electrons. The Bertz CT molecular complexity index is 711. The Morgan fingerprint density at radius 3 is 2.62 bits per heavy atom. The number of aromatic nitrogens is 1. The van der Waals surface area contributed by atoms with Crippen LogP contribution in [-0.2, 0) is 0 Å². The molecule has 4 N–H and O–H groups in total. The lowest BCUT2D eigenvalue weighted by Crippen LogP contribution is -2.18. The van der Waals surface area contributed by atoms with E-state index in [4.69, 9.17) is 5.84 Å². The Morgan fingerprint density at radius 2 is 1.95 bits per heavy atom. The van der Waals surface area contributed by atoms with E-state index in [-0.39, 0.29) is 16.0 Å². The Balaban J connectivity index is 2.33. The van der Waals surface area contributed by atoms with E-state index >= 15 is 0 Å². The molecule has 1 heterocycles. The molecule has 2 rings (SSSR count). The van der Waals surface area contributed by atoms with Crippen molar-refractivity contribution >= 4 is 33.3 Å². The summed E-state index contributed by atoms with van der Waals surface area (Å²) in [5.74, 6) is 0.983. The third-order valence-electron chi connectivity index (χ3n) is 2.53. The normalized spacial score (nSPS) is 10.3. The number of pyridine rings is 1. The fourth-order valence-electron chi connectivity index (χ4n) is 1.53. The monoisotopic (exact) mass is 360 g/mol. The van der Waals surface area contributed by atoms with Crippen LogP contribution < -0.4 is 16.6 Å². The highest BCUT2D eigenvalue weighted by Crippen LogP contribution is 2.24. The largest absolute Gasteiger partial charge is 0.319 e. The van der Waals surface area contributed by atoms with Crippen LogP contribution in [0.3, 0.4) is 0 Å². The molecule has 9 heteroatoms. The van der Waals surface area contributed by atoms with Gasteiger partial charge >= 0.3 is 0 Å². The van der Waals surface area contributed by atoms with Crippen LogP contribution in [-0.4, -0.2) is 10.9 Å². The number of halogens is 4. The Labute approximate surface area is 125 Å². The number of nitrogens with one attached hydrogen (secondary N) is 2. The summed E-state index contributed by atoms with van der Waals surface area (Å²) in [4.78, 5) is 15.5. The van der Waals surface area contributed by atoms with Gasteiger partial charge in [0.25, 0.3) is 5.91 Å². The predicted octanol–water partition coefficient (Wildman–Crippen LogP) is 2.80. The molecule has 0 bridgehead atoms. The molecule has 2 aromatic rings. The third kappa shape index (κ3) is 3.14. The first kappa shape index (κ1) is 15.3. The average molecular weight is 361 g/mol. The van der Waals surface area contributed by atoms with E-state index in [2.05, 4.69) is 26.2 Å². The fourth-order valence-corrected chi connectivity index (χ4v) is 1.87. The molecule has 1 aromatic carbocycles. The highest BCUT2D eigenvalue weighted by atomic mass is 79.9. The van der Waals surface area contributed by atoms with Crippen molar-refractivity contribution in [3.63, 3.8) is 0 Å². The van der Waals surface area contributed by atoms with Gasteiger partial charge < -0.3 is 10.7 Å². The number of hydrazine groups is 1. The second-order valence-corrected chi connectivity index (χ2v) is 4.72. The van der Waals surface area contributed by atoms with Gasteiger partial charge in [-0.15, -0.1) is 0 Å². The fraction of sp³-hybridized carbons (Fsp3) is 0. The van der Waals surface area contributed by atoms with Gasteiger partial charge in [0.05, 0.1) is 15.7 Å². The van der Waals surface area contributed by atoms with Crippen LogP contribution in [0.2, 0.25) is 0 Å². The van der Waals surface area contributed by atoms with Crippen molar-refractivity contribution in [3.05, 3.63) is 51.9 Å².